The van der Waals surface area contributed by atoms with Gasteiger partial charge >= 0.3 is 0 Å². The number of rotatable bonds is 1. The quantitative estimate of drug-likeness (QED) is 0.749. The lowest BCUT2D eigenvalue weighted by molar-refractivity contribution is -0.121. The van der Waals surface area contributed by atoms with Crippen molar-refractivity contribution in [3.63, 3.8) is 0 Å². The second-order valence-corrected chi connectivity index (χ2v) is 4.22. The predicted molar refractivity (Wildman–Crippen MR) is 61.3 cm³/mol. The number of aryl methyl sites for hydroxylation is 1. The first kappa shape index (κ1) is 11.1. The van der Waals surface area contributed by atoms with E-state index in [9.17, 15) is 9.59 Å². The van der Waals surface area contributed by atoms with Gasteiger partial charge in [0.05, 0.1) is 18.2 Å². The van der Waals surface area contributed by atoms with E-state index in [4.69, 9.17) is 17.3 Å². The third-order valence-corrected chi connectivity index (χ3v) is 3.00. The molecule has 4 nitrogen and oxygen atoms in total. The predicted octanol–water partition coefficient (Wildman–Crippen LogP) is 1.24. The maximum Gasteiger partial charge on any atom is 0.251 e. The minimum absolute atomic E-state index is 0.0599. The number of halogens is 1. The molecule has 1 saturated heterocycles. The molecule has 2 N–H and O–H groups in total. The van der Waals surface area contributed by atoms with Gasteiger partial charge in [-0.25, -0.2) is 4.90 Å². The smallest absolute Gasteiger partial charge is 0.251 e. The molecule has 0 spiro atoms. The SMILES string of the molecule is Cc1ccc(N2C(=O)CC(N)C2=O)cc1Cl. The van der Waals surface area contributed by atoms with Gasteiger partial charge in [0.15, 0.2) is 0 Å². The number of nitrogens with zero attached hydrogens (tertiary/aromatic N) is 1. The van der Waals surface area contributed by atoms with E-state index in [1.54, 1.807) is 18.2 Å². The van der Waals surface area contributed by atoms with E-state index in [2.05, 4.69) is 0 Å². The molecule has 16 heavy (non-hydrogen) atoms. The molecule has 0 aliphatic carbocycles. The summed E-state index contributed by atoms with van der Waals surface area (Å²) in [6.45, 7) is 1.85. The van der Waals surface area contributed by atoms with Crippen molar-refractivity contribution >= 4 is 29.1 Å². The summed E-state index contributed by atoms with van der Waals surface area (Å²) >= 11 is 5.94. The molecule has 5 heteroatoms. The second kappa shape index (κ2) is 3.88. The molecule has 0 saturated carbocycles. The fourth-order valence-corrected chi connectivity index (χ4v) is 1.82. The van der Waals surface area contributed by atoms with Crippen molar-refractivity contribution < 1.29 is 9.59 Å². The van der Waals surface area contributed by atoms with E-state index < -0.39 is 6.04 Å². The zero-order valence-corrected chi connectivity index (χ0v) is 9.49. The lowest BCUT2D eigenvalue weighted by atomic mass is 10.2. The number of anilines is 1. The van der Waals surface area contributed by atoms with Gasteiger partial charge in [-0.15, -0.1) is 0 Å². The van der Waals surface area contributed by atoms with Crippen LogP contribution in [0, 0.1) is 6.92 Å². The van der Waals surface area contributed by atoms with Gasteiger partial charge < -0.3 is 5.73 Å². The van der Waals surface area contributed by atoms with Crippen LogP contribution in [0.4, 0.5) is 5.69 Å². The third-order valence-electron chi connectivity index (χ3n) is 2.60. The van der Waals surface area contributed by atoms with E-state index in [-0.39, 0.29) is 18.2 Å². The zero-order chi connectivity index (χ0) is 11.9. The molecule has 1 atom stereocenters. The Bertz CT molecular complexity index is 473. The number of hydrogen-bond acceptors (Lipinski definition) is 3. The number of carbonyl (C=O) groups excluding carboxylic acids is 2. The summed E-state index contributed by atoms with van der Waals surface area (Å²) in [7, 11) is 0. The Labute approximate surface area is 98.0 Å². The summed E-state index contributed by atoms with van der Waals surface area (Å²) in [5, 5.41) is 0.526. The Hall–Kier alpha value is -1.39. The van der Waals surface area contributed by atoms with Gasteiger partial charge in [-0.05, 0) is 24.6 Å². The van der Waals surface area contributed by atoms with Crippen molar-refractivity contribution in [1.29, 1.82) is 0 Å². The molecule has 1 aliphatic heterocycles. The maximum atomic E-state index is 11.6. The number of amides is 2. The van der Waals surface area contributed by atoms with Crippen molar-refractivity contribution in [3.8, 4) is 0 Å². The molecule has 1 heterocycles. The van der Waals surface area contributed by atoms with Crippen LogP contribution >= 0.6 is 11.6 Å². The molecular formula is C11H11ClN2O2. The van der Waals surface area contributed by atoms with Gasteiger partial charge in [-0.1, -0.05) is 17.7 Å². The Morgan fingerprint density at radius 1 is 1.44 bits per heavy atom. The molecule has 1 unspecified atom stereocenters. The van der Waals surface area contributed by atoms with Crippen LogP contribution in [0.25, 0.3) is 0 Å². The summed E-state index contributed by atoms with van der Waals surface area (Å²) in [6.07, 6.45) is 0.0599. The molecule has 0 aromatic heterocycles. The van der Waals surface area contributed by atoms with Crippen molar-refractivity contribution in [2.24, 2.45) is 5.73 Å². The number of imide groups is 1. The molecule has 1 aromatic carbocycles. The standard InChI is InChI=1S/C11H11ClN2O2/c1-6-2-3-7(4-8(6)12)14-10(15)5-9(13)11(14)16/h2-4,9H,5,13H2,1H3. The Morgan fingerprint density at radius 3 is 2.62 bits per heavy atom. The Morgan fingerprint density at radius 2 is 2.12 bits per heavy atom. The van der Waals surface area contributed by atoms with Crippen LogP contribution in [0.1, 0.15) is 12.0 Å². The first-order valence-corrected chi connectivity index (χ1v) is 5.27. The monoisotopic (exact) mass is 238 g/mol. The maximum absolute atomic E-state index is 11.6. The third kappa shape index (κ3) is 1.70. The van der Waals surface area contributed by atoms with Crippen LogP contribution < -0.4 is 10.6 Å². The number of benzene rings is 1. The van der Waals surface area contributed by atoms with E-state index in [1.807, 2.05) is 6.92 Å². The van der Waals surface area contributed by atoms with Crippen molar-refractivity contribution in [2.75, 3.05) is 4.90 Å². The zero-order valence-electron chi connectivity index (χ0n) is 8.74. The highest BCUT2D eigenvalue weighted by atomic mass is 35.5. The fraction of sp³-hybridized carbons (Fsp3) is 0.273. The molecule has 1 fully saturated rings. The van der Waals surface area contributed by atoms with Crippen molar-refractivity contribution in [1.82, 2.24) is 0 Å². The molecule has 0 bridgehead atoms. The Balaban J connectivity index is 2.41. The highest BCUT2D eigenvalue weighted by molar-refractivity contribution is 6.32. The molecular weight excluding hydrogens is 228 g/mol. The minimum atomic E-state index is -0.729. The number of carbonyl (C=O) groups is 2. The summed E-state index contributed by atoms with van der Waals surface area (Å²) in [6, 6.07) is 4.33. The molecule has 1 aliphatic rings. The topological polar surface area (TPSA) is 63.4 Å². The van der Waals surface area contributed by atoms with Crippen LogP contribution in [0.15, 0.2) is 18.2 Å². The van der Waals surface area contributed by atoms with Crippen LogP contribution in [-0.4, -0.2) is 17.9 Å². The first-order chi connectivity index (χ1) is 7.50. The fourth-order valence-electron chi connectivity index (χ4n) is 1.65. The van der Waals surface area contributed by atoms with E-state index in [1.165, 1.54) is 0 Å². The van der Waals surface area contributed by atoms with Crippen molar-refractivity contribution in [2.45, 2.75) is 19.4 Å². The van der Waals surface area contributed by atoms with Crippen LogP contribution in [-0.2, 0) is 9.59 Å². The molecule has 2 rings (SSSR count). The highest BCUT2D eigenvalue weighted by Crippen LogP contribution is 2.26. The minimum Gasteiger partial charge on any atom is -0.319 e. The summed E-state index contributed by atoms with van der Waals surface area (Å²) < 4.78 is 0. The highest BCUT2D eigenvalue weighted by Gasteiger charge is 2.37. The van der Waals surface area contributed by atoms with Crippen LogP contribution in [0.2, 0.25) is 5.02 Å². The molecule has 2 amide bonds. The summed E-state index contributed by atoms with van der Waals surface area (Å²) in [5.74, 6) is -0.651. The van der Waals surface area contributed by atoms with Gasteiger partial charge in [0.25, 0.3) is 5.91 Å². The van der Waals surface area contributed by atoms with Gasteiger partial charge in [0, 0.05) is 5.02 Å². The second-order valence-electron chi connectivity index (χ2n) is 3.81. The van der Waals surface area contributed by atoms with Gasteiger partial charge in [0.2, 0.25) is 5.91 Å². The van der Waals surface area contributed by atoms with E-state index in [0.29, 0.717) is 10.7 Å². The van der Waals surface area contributed by atoms with E-state index in [0.717, 1.165) is 10.5 Å². The van der Waals surface area contributed by atoms with Gasteiger partial charge in [-0.2, -0.15) is 0 Å². The average Bonchev–Trinajstić information content (AvgIpc) is 2.47. The first-order valence-electron chi connectivity index (χ1n) is 4.89. The van der Waals surface area contributed by atoms with Gasteiger partial charge in [-0.3, -0.25) is 9.59 Å². The average molecular weight is 239 g/mol. The number of hydrogen-bond donors (Lipinski definition) is 1. The van der Waals surface area contributed by atoms with Crippen LogP contribution in [0.5, 0.6) is 0 Å². The van der Waals surface area contributed by atoms with Crippen LogP contribution in [0.3, 0.4) is 0 Å². The summed E-state index contributed by atoms with van der Waals surface area (Å²) in [5.41, 5.74) is 6.90. The normalized spacial score (nSPS) is 20.7. The lowest BCUT2D eigenvalue weighted by Gasteiger charge is -2.14. The molecule has 84 valence electrons. The number of nitrogens with two attached hydrogens (primary N) is 1. The summed E-state index contributed by atoms with van der Waals surface area (Å²) in [4.78, 5) is 24.3. The largest absolute Gasteiger partial charge is 0.319 e. The molecule has 1 aromatic rings. The van der Waals surface area contributed by atoms with Gasteiger partial charge in [0.1, 0.15) is 0 Å². The lowest BCUT2D eigenvalue weighted by Crippen LogP contribution is -2.35. The Kier molecular flexibility index (Phi) is 2.69. The van der Waals surface area contributed by atoms with Crippen molar-refractivity contribution in [3.05, 3.63) is 28.8 Å². The molecule has 0 radical (unpaired) electrons. The van der Waals surface area contributed by atoms with E-state index >= 15 is 0 Å².